The SMILES string of the molecule is O=C(Cn1ccc2ncc(-c3ccccc3F)cc21)N1CC(F)C1. The van der Waals surface area contributed by atoms with Crippen LogP contribution >= 0.6 is 0 Å². The minimum atomic E-state index is -0.912. The first-order valence-electron chi connectivity index (χ1n) is 7.73. The van der Waals surface area contributed by atoms with Crippen LogP contribution in [0.5, 0.6) is 0 Å². The lowest BCUT2D eigenvalue weighted by Crippen LogP contribution is -2.52. The number of carbonyl (C=O) groups is 1. The van der Waals surface area contributed by atoms with Crippen LogP contribution in [-0.4, -0.2) is 39.6 Å². The number of carbonyl (C=O) groups excluding carboxylic acids is 1. The van der Waals surface area contributed by atoms with Crippen LogP contribution in [0.25, 0.3) is 22.2 Å². The number of hydrogen-bond acceptors (Lipinski definition) is 2. The first kappa shape index (κ1) is 14.8. The van der Waals surface area contributed by atoms with E-state index in [0.717, 1.165) is 11.0 Å². The Labute approximate surface area is 137 Å². The van der Waals surface area contributed by atoms with Crippen molar-refractivity contribution in [2.45, 2.75) is 12.7 Å². The Balaban J connectivity index is 1.66. The summed E-state index contributed by atoms with van der Waals surface area (Å²) in [7, 11) is 0. The number of nitrogens with zero attached hydrogens (tertiary/aromatic N) is 3. The highest BCUT2D eigenvalue weighted by atomic mass is 19.1. The first-order chi connectivity index (χ1) is 11.6. The molecule has 0 atom stereocenters. The number of hydrogen-bond donors (Lipinski definition) is 0. The van der Waals surface area contributed by atoms with E-state index in [4.69, 9.17) is 0 Å². The summed E-state index contributed by atoms with van der Waals surface area (Å²) in [6.45, 7) is 0.451. The van der Waals surface area contributed by atoms with Crippen LogP contribution in [0.15, 0.2) is 48.8 Å². The monoisotopic (exact) mass is 327 g/mol. The van der Waals surface area contributed by atoms with Crippen LogP contribution in [0.2, 0.25) is 0 Å². The second kappa shape index (κ2) is 5.70. The van der Waals surface area contributed by atoms with Gasteiger partial charge in [-0.25, -0.2) is 8.78 Å². The zero-order chi connectivity index (χ0) is 16.7. The molecule has 0 N–H and O–H groups in total. The molecule has 24 heavy (non-hydrogen) atoms. The second-order valence-electron chi connectivity index (χ2n) is 5.95. The number of aromatic nitrogens is 2. The predicted octanol–water partition coefficient (Wildman–Crippen LogP) is 3.02. The van der Waals surface area contributed by atoms with Gasteiger partial charge in [0.2, 0.25) is 5.91 Å². The highest BCUT2D eigenvalue weighted by molar-refractivity contribution is 5.84. The molecule has 1 saturated heterocycles. The molecule has 0 spiro atoms. The average Bonchev–Trinajstić information content (AvgIpc) is 2.94. The summed E-state index contributed by atoms with van der Waals surface area (Å²) < 4.78 is 28.6. The average molecular weight is 327 g/mol. The highest BCUT2D eigenvalue weighted by Crippen LogP contribution is 2.25. The van der Waals surface area contributed by atoms with E-state index in [-0.39, 0.29) is 31.4 Å². The molecular weight excluding hydrogens is 312 g/mol. The molecule has 3 aromatic rings. The fraction of sp³-hybridized carbons (Fsp3) is 0.222. The summed E-state index contributed by atoms with van der Waals surface area (Å²) in [5, 5.41) is 0. The molecule has 1 aromatic carbocycles. The van der Waals surface area contributed by atoms with Gasteiger partial charge >= 0.3 is 0 Å². The number of benzene rings is 1. The smallest absolute Gasteiger partial charge is 0.242 e. The molecule has 0 aliphatic carbocycles. The highest BCUT2D eigenvalue weighted by Gasteiger charge is 2.30. The number of rotatable bonds is 3. The number of fused-ring (bicyclic) bond motifs is 1. The third kappa shape index (κ3) is 2.54. The molecule has 1 aliphatic heterocycles. The third-order valence-corrected chi connectivity index (χ3v) is 4.30. The van der Waals surface area contributed by atoms with Gasteiger partial charge in [-0.3, -0.25) is 9.78 Å². The molecular formula is C18H15F2N3O. The van der Waals surface area contributed by atoms with Gasteiger partial charge in [0.15, 0.2) is 0 Å². The molecule has 122 valence electrons. The van der Waals surface area contributed by atoms with E-state index >= 15 is 0 Å². The lowest BCUT2D eigenvalue weighted by atomic mass is 10.1. The molecule has 1 amide bonds. The minimum absolute atomic E-state index is 0.124. The Bertz CT molecular complexity index is 916. The van der Waals surface area contributed by atoms with Gasteiger partial charge in [-0.05, 0) is 18.2 Å². The van der Waals surface area contributed by atoms with Crippen LogP contribution in [-0.2, 0) is 11.3 Å². The van der Waals surface area contributed by atoms with Gasteiger partial charge in [0.1, 0.15) is 18.5 Å². The molecule has 0 radical (unpaired) electrons. The van der Waals surface area contributed by atoms with Gasteiger partial charge in [0.25, 0.3) is 0 Å². The Hall–Kier alpha value is -2.76. The van der Waals surface area contributed by atoms with Crippen LogP contribution in [0, 0.1) is 5.82 Å². The number of halogens is 2. The number of pyridine rings is 1. The molecule has 0 bridgehead atoms. The van der Waals surface area contributed by atoms with E-state index in [1.54, 1.807) is 35.2 Å². The van der Waals surface area contributed by atoms with Crippen molar-refractivity contribution < 1.29 is 13.6 Å². The molecule has 1 aliphatic rings. The van der Waals surface area contributed by atoms with Crippen molar-refractivity contribution in [3.8, 4) is 11.1 Å². The molecule has 3 heterocycles. The zero-order valence-electron chi connectivity index (χ0n) is 12.8. The molecule has 0 saturated carbocycles. The van der Waals surface area contributed by atoms with Gasteiger partial charge in [0.05, 0.1) is 24.1 Å². The molecule has 2 aromatic heterocycles. The van der Waals surface area contributed by atoms with Crippen molar-refractivity contribution in [1.82, 2.24) is 14.5 Å². The van der Waals surface area contributed by atoms with Gasteiger partial charge in [-0.15, -0.1) is 0 Å². The number of amides is 1. The Morgan fingerprint density at radius 1 is 1.25 bits per heavy atom. The fourth-order valence-corrected chi connectivity index (χ4v) is 2.92. The van der Waals surface area contributed by atoms with Crippen molar-refractivity contribution in [2.75, 3.05) is 13.1 Å². The molecule has 1 fully saturated rings. The lowest BCUT2D eigenvalue weighted by Gasteiger charge is -2.34. The van der Waals surface area contributed by atoms with Gasteiger partial charge in [0, 0.05) is 23.5 Å². The van der Waals surface area contributed by atoms with E-state index in [2.05, 4.69) is 4.98 Å². The van der Waals surface area contributed by atoms with Gasteiger partial charge < -0.3 is 9.47 Å². The lowest BCUT2D eigenvalue weighted by molar-refractivity contribution is -0.138. The van der Waals surface area contributed by atoms with Crippen LogP contribution in [0.4, 0.5) is 8.78 Å². The Morgan fingerprint density at radius 3 is 2.79 bits per heavy atom. The molecule has 4 rings (SSSR count). The minimum Gasteiger partial charge on any atom is -0.337 e. The predicted molar refractivity (Wildman–Crippen MR) is 86.6 cm³/mol. The maximum absolute atomic E-state index is 14.0. The van der Waals surface area contributed by atoms with E-state index in [1.807, 2.05) is 12.1 Å². The molecule has 6 heteroatoms. The normalized spacial score (nSPS) is 14.8. The van der Waals surface area contributed by atoms with Crippen molar-refractivity contribution in [3.63, 3.8) is 0 Å². The van der Waals surface area contributed by atoms with Crippen LogP contribution < -0.4 is 0 Å². The maximum Gasteiger partial charge on any atom is 0.242 e. The van der Waals surface area contributed by atoms with Crippen molar-refractivity contribution >= 4 is 16.9 Å². The summed E-state index contributed by atoms with van der Waals surface area (Å²) in [5.74, 6) is -0.444. The molecule has 4 nitrogen and oxygen atoms in total. The van der Waals surface area contributed by atoms with Crippen molar-refractivity contribution in [1.29, 1.82) is 0 Å². The fourth-order valence-electron chi connectivity index (χ4n) is 2.92. The van der Waals surface area contributed by atoms with Crippen LogP contribution in [0.3, 0.4) is 0 Å². The van der Waals surface area contributed by atoms with E-state index in [1.165, 1.54) is 11.0 Å². The Morgan fingerprint density at radius 2 is 2.04 bits per heavy atom. The largest absolute Gasteiger partial charge is 0.337 e. The molecule has 0 unspecified atom stereocenters. The van der Waals surface area contributed by atoms with Crippen LogP contribution in [0.1, 0.15) is 0 Å². The quantitative estimate of drug-likeness (QED) is 0.742. The zero-order valence-corrected chi connectivity index (χ0v) is 12.8. The van der Waals surface area contributed by atoms with E-state index in [0.29, 0.717) is 11.1 Å². The summed E-state index contributed by atoms with van der Waals surface area (Å²) >= 11 is 0. The summed E-state index contributed by atoms with van der Waals surface area (Å²) in [4.78, 5) is 18.0. The number of alkyl halides is 1. The van der Waals surface area contributed by atoms with E-state index < -0.39 is 6.17 Å². The van der Waals surface area contributed by atoms with E-state index in [9.17, 15) is 13.6 Å². The standard InChI is InChI=1S/C18H15F2N3O/c19-13-9-23(10-13)18(24)11-22-6-5-16-17(22)7-12(8-21-16)14-3-1-2-4-15(14)20/h1-8,13H,9-11H2. The van der Waals surface area contributed by atoms with Crippen molar-refractivity contribution in [2.24, 2.45) is 0 Å². The Kier molecular flexibility index (Phi) is 3.52. The summed E-state index contributed by atoms with van der Waals surface area (Å²) in [5.41, 5.74) is 2.60. The first-order valence-corrected chi connectivity index (χ1v) is 7.73. The van der Waals surface area contributed by atoms with Gasteiger partial charge in [-0.2, -0.15) is 0 Å². The third-order valence-electron chi connectivity index (χ3n) is 4.30. The maximum atomic E-state index is 14.0. The summed E-state index contributed by atoms with van der Waals surface area (Å²) in [6.07, 6.45) is 2.48. The number of likely N-dealkylation sites (tertiary alicyclic amines) is 1. The van der Waals surface area contributed by atoms with Gasteiger partial charge in [-0.1, -0.05) is 18.2 Å². The summed E-state index contributed by atoms with van der Waals surface area (Å²) in [6, 6.07) is 10.1. The second-order valence-corrected chi connectivity index (χ2v) is 5.95. The topological polar surface area (TPSA) is 38.1 Å². The van der Waals surface area contributed by atoms with Crippen molar-refractivity contribution in [3.05, 3.63) is 54.6 Å².